The topological polar surface area (TPSA) is 99.6 Å². The van der Waals surface area contributed by atoms with Gasteiger partial charge in [0.2, 0.25) is 5.88 Å². The highest BCUT2D eigenvalue weighted by atomic mass is 16.5. The number of ether oxygens (including phenoxy) is 1. The second-order valence-corrected chi connectivity index (χ2v) is 2.80. The highest BCUT2D eigenvalue weighted by molar-refractivity contribution is 5.96. The average molecular weight is 206 g/mol. The fraction of sp³-hybridized carbons (Fsp3) is 0.100. The molecule has 1 rings (SSSR count). The lowest BCUT2D eigenvalue weighted by Crippen LogP contribution is -2.27. The molecule has 0 amide bonds. The minimum Gasteiger partial charge on any atom is -0.439 e. The summed E-state index contributed by atoms with van der Waals surface area (Å²) in [7, 11) is 1.53. The maximum Gasteiger partial charge on any atom is 0.217 e. The minimum atomic E-state index is 0.0456. The number of nitrogens with two attached hydrogens (primary N) is 3. The molecular weight excluding hydrogens is 192 g/mol. The van der Waals surface area contributed by atoms with Crippen molar-refractivity contribution in [2.75, 3.05) is 7.05 Å². The van der Waals surface area contributed by atoms with Crippen molar-refractivity contribution < 1.29 is 4.74 Å². The highest BCUT2D eigenvalue weighted by Gasteiger charge is 2.05. The Hall–Kier alpha value is -2.17. The predicted molar refractivity (Wildman–Crippen MR) is 60.0 cm³/mol. The summed E-state index contributed by atoms with van der Waals surface area (Å²) in [6.07, 6.45) is 0. The molecule has 1 aromatic rings. The summed E-state index contributed by atoms with van der Waals surface area (Å²) in [5.41, 5.74) is 16.8. The van der Waals surface area contributed by atoms with Crippen LogP contribution in [0.15, 0.2) is 46.9 Å². The molecular formula is C10H14N4O. The van der Waals surface area contributed by atoms with Gasteiger partial charge in [-0.3, -0.25) is 4.99 Å². The second kappa shape index (κ2) is 4.90. The van der Waals surface area contributed by atoms with Crippen molar-refractivity contribution in [2.24, 2.45) is 22.2 Å². The van der Waals surface area contributed by atoms with Gasteiger partial charge in [0.1, 0.15) is 17.3 Å². The van der Waals surface area contributed by atoms with E-state index in [0.717, 1.165) is 0 Å². The summed E-state index contributed by atoms with van der Waals surface area (Å²) in [6, 6.07) is 9.06. The van der Waals surface area contributed by atoms with Crippen LogP contribution in [-0.4, -0.2) is 12.9 Å². The Morgan fingerprint density at radius 2 is 1.73 bits per heavy atom. The molecule has 0 saturated heterocycles. The second-order valence-electron chi connectivity index (χ2n) is 2.80. The lowest BCUT2D eigenvalue weighted by Gasteiger charge is -2.08. The van der Waals surface area contributed by atoms with E-state index in [9.17, 15) is 0 Å². The van der Waals surface area contributed by atoms with E-state index in [1.54, 1.807) is 12.1 Å². The van der Waals surface area contributed by atoms with Gasteiger partial charge < -0.3 is 21.9 Å². The van der Waals surface area contributed by atoms with Crippen LogP contribution in [0.1, 0.15) is 0 Å². The van der Waals surface area contributed by atoms with Gasteiger partial charge in [-0.2, -0.15) is 0 Å². The van der Waals surface area contributed by atoms with Crippen LogP contribution in [0.3, 0.4) is 0 Å². The molecule has 0 unspecified atom stereocenters. The Morgan fingerprint density at radius 1 is 1.13 bits per heavy atom. The van der Waals surface area contributed by atoms with E-state index in [2.05, 4.69) is 4.99 Å². The number of para-hydroxylation sites is 1. The molecule has 0 aliphatic rings. The fourth-order valence-corrected chi connectivity index (χ4v) is 0.917. The summed E-state index contributed by atoms with van der Waals surface area (Å²) in [5, 5.41) is 0. The third-order valence-corrected chi connectivity index (χ3v) is 1.75. The highest BCUT2D eigenvalue weighted by Crippen LogP contribution is 2.11. The summed E-state index contributed by atoms with van der Waals surface area (Å²) in [4.78, 5) is 3.70. The number of aliphatic imine (C=N–C) groups is 1. The van der Waals surface area contributed by atoms with Crippen molar-refractivity contribution in [3.63, 3.8) is 0 Å². The molecule has 0 fully saturated rings. The number of amidine groups is 1. The van der Waals surface area contributed by atoms with Gasteiger partial charge in [-0.25, -0.2) is 0 Å². The zero-order chi connectivity index (χ0) is 11.3. The van der Waals surface area contributed by atoms with Crippen LogP contribution in [0.2, 0.25) is 0 Å². The molecule has 0 spiro atoms. The normalized spacial score (nSPS) is 13.3. The minimum absolute atomic E-state index is 0.0456. The molecule has 5 heteroatoms. The number of rotatable bonds is 3. The zero-order valence-electron chi connectivity index (χ0n) is 8.47. The van der Waals surface area contributed by atoms with Gasteiger partial charge in [0.15, 0.2) is 0 Å². The van der Waals surface area contributed by atoms with Crippen molar-refractivity contribution in [3.8, 4) is 5.75 Å². The maximum atomic E-state index is 5.60. The van der Waals surface area contributed by atoms with E-state index < -0.39 is 0 Å². The molecule has 1 aromatic carbocycles. The van der Waals surface area contributed by atoms with Gasteiger partial charge >= 0.3 is 0 Å². The zero-order valence-corrected chi connectivity index (χ0v) is 8.47. The van der Waals surface area contributed by atoms with E-state index in [1.807, 2.05) is 18.2 Å². The maximum absolute atomic E-state index is 5.60. The summed E-state index contributed by atoms with van der Waals surface area (Å²) >= 11 is 0. The van der Waals surface area contributed by atoms with Crippen molar-refractivity contribution >= 4 is 5.84 Å². The smallest absolute Gasteiger partial charge is 0.217 e. The van der Waals surface area contributed by atoms with Crippen LogP contribution in [0, 0.1) is 0 Å². The van der Waals surface area contributed by atoms with E-state index in [-0.39, 0.29) is 17.4 Å². The van der Waals surface area contributed by atoms with Crippen molar-refractivity contribution in [3.05, 3.63) is 41.9 Å². The van der Waals surface area contributed by atoms with Crippen molar-refractivity contribution in [2.45, 2.75) is 0 Å². The van der Waals surface area contributed by atoms with Gasteiger partial charge in [-0.05, 0) is 12.1 Å². The first kappa shape index (κ1) is 10.9. The Labute approximate surface area is 88.2 Å². The molecule has 0 atom stereocenters. The Morgan fingerprint density at radius 3 is 2.27 bits per heavy atom. The Balaban J connectivity index is 2.83. The molecule has 0 aliphatic carbocycles. The number of benzene rings is 1. The van der Waals surface area contributed by atoms with Crippen molar-refractivity contribution in [1.82, 2.24) is 0 Å². The average Bonchev–Trinajstić information content (AvgIpc) is 2.28. The summed E-state index contributed by atoms with van der Waals surface area (Å²) in [5.74, 6) is 0.801. The standard InChI is InChI=1S/C10H14N4O/c1-14-9(12)8(11)10(13)15-7-5-3-2-4-6-7/h2-6H,11,13H2,1H3,(H2,12,14). The first-order valence-corrected chi connectivity index (χ1v) is 4.36. The van der Waals surface area contributed by atoms with E-state index >= 15 is 0 Å². The Kier molecular flexibility index (Phi) is 3.56. The van der Waals surface area contributed by atoms with Gasteiger partial charge in [0.25, 0.3) is 0 Å². The van der Waals surface area contributed by atoms with Crippen molar-refractivity contribution in [1.29, 1.82) is 0 Å². The van der Waals surface area contributed by atoms with Crippen LogP contribution >= 0.6 is 0 Å². The van der Waals surface area contributed by atoms with Crippen LogP contribution in [0.4, 0.5) is 0 Å². The van der Waals surface area contributed by atoms with Crippen LogP contribution < -0.4 is 21.9 Å². The lowest BCUT2D eigenvalue weighted by atomic mass is 10.3. The predicted octanol–water partition coefficient (Wildman–Crippen LogP) is 0.139. The fourth-order valence-electron chi connectivity index (χ4n) is 0.917. The number of nitrogens with zero attached hydrogens (tertiary/aromatic N) is 1. The van der Waals surface area contributed by atoms with E-state index in [4.69, 9.17) is 21.9 Å². The molecule has 0 radical (unpaired) electrons. The van der Waals surface area contributed by atoms with E-state index in [0.29, 0.717) is 5.75 Å². The lowest BCUT2D eigenvalue weighted by molar-refractivity contribution is 0.415. The van der Waals surface area contributed by atoms with Gasteiger partial charge in [-0.1, -0.05) is 18.2 Å². The van der Waals surface area contributed by atoms with Crippen LogP contribution in [-0.2, 0) is 0 Å². The van der Waals surface area contributed by atoms with Gasteiger partial charge in [0.05, 0.1) is 0 Å². The number of hydrogen-bond donors (Lipinski definition) is 3. The molecule has 0 aliphatic heterocycles. The van der Waals surface area contributed by atoms with E-state index in [1.165, 1.54) is 7.05 Å². The first-order valence-electron chi connectivity index (χ1n) is 4.36. The third-order valence-electron chi connectivity index (χ3n) is 1.75. The first-order chi connectivity index (χ1) is 7.15. The SMILES string of the molecule is CN=C(N)C(N)=C(N)Oc1ccccc1. The van der Waals surface area contributed by atoms with Gasteiger partial charge in [-0.15, -0.1) is 0 Å². The van der Waals surface area contributed by atoms with Crippen LogP contribution in [0.25, 0.3) is 0 Å². The molecule has 0 saturated carbocycles. The third kappa shape index (κ3) is 2.91. The summed E-state index contributed by atoms with van der Waals surface area (Å²) in [6.45, 7) is 0. The summed E-state index contributed by atoms with van der Waals surface area (Å²) < 4.78 is 5.27. The molecule has 0 aromatic heterocycles. The van der Waals surface area contributed by atoms with Gasteiger partial charge in [0, 0.05) is 7.05 Å². The Bertz CT molecular complexity index is 384. The number of hydrogen-bond acceptors (Lipinski definition) is 4. The molecule has 5 nitrogen and oxygen atoms in total. The quantitative estimate of drug-likeness (QED) is 0.372. The molecule has 6 N–H and O–H groups in total. The monoisotopic (exact) mass is 206 g/mol. The molecule has 15 heavy (non-hydrogen) atoms. The molecule has 0 heterocycles. The molecule has 80 valence electrons. The molecule has 0 bridgehead atoms. The van der Waals surface area contributed by atoms with Crippen LogP contribution in [0.5, 0.6) is 5.75 Å². The largest absolute Gasteiger partial charge is 0.439 e.